The number of aliphatic hydroxyl groups is 1. The van der Waals surface area contributed by atoms with Crippen LogP contribution in [0.2, 0.25) is 5.02 Å². The molecule has 3 rings (SSSR count). The molecule has 0 radical (unpaired) electrons. The number of pyridine rings is 1. The molecule has 1 aliphatic rings. The van der Waals surface area contributed by atoms with Crippen LogP contribution in [0.1, 0.15) is 28.5 Å². The van der Waals surface area contributed by atoms with Crippen LogP contribution in [-0.4, -0.2) is 10.1 Å². The zero-order valence-corrected chi connectivity index (χ0v) is 9.98. The SMILES string of the molecule is OC1Cc2cc(Cl)ccc2Cc2ncccc21. The zero-order chi connectivity index (χ0) is 11.8. The first kappa shape index (κ1) is 10.8. The summed E-state index contributed by atoms with van der Waals surface area (Å²) in [6.45, 7) is 0. The first-order valence-electron chi connectivity index (χ1n) is 5.63. The number of benzene rings is 1. The maximum atomic E-state index is 10.2. The molecule has 0 aliphatic heterocycles. The van der Waals surface area contributed by atoms with Crippen molar-refractivity contribution in [1.82, 2.24) is 4.98 Å². The van der Waals surface area contributed by atoms with Crippen molar-refractivity contribution in [2.75, 3.05) is 0 Å². The van der Waals surface area contributed by atoms with Crippen LogP contribution in [-0.2, 0) is 12.8 Å². The van der Waals surface area contributed by atoms with Gasteiger partial charge in [0.1, 0.15) is 0 Å². The van der Waals surface area contributed by atoms with Gasteiger partial charge in [0.2, 0.25) is 0 Å². The molecule has 1 atom stereocenters. The van der Waals surface area contributed by atoms with Gasteiger partial charge in [-0.15, -0.1) is 0 Å². The molecule has 0 fully saturated rings. The average Bonchev–Trinajstić information content (AvgIpc) is 2.46. The van der Waals surface area contributed by atoms with Gasteiger partial charge in [-0.05, 0) is 29.3 Å². The molecule has 0 saturated carbocycles. The van der Waals surface area contributed by atoms with E-state index in [2.05, 4.69) is 4.98 Å². The Hall–Kier alpha value is -1.38. The standard InChI is InChI=1S/C14H12ClNO/c15-11-4-3-9-7-13-12(2-1-5-16-13)14(17)8-10(9)6-11/h1-6,14,17H,7-8H2. The molecule has 1 N–H and O–H groups in total. The lowest BCUT2D eigenvalue weighted by molar-refractivity contribution is 0.178. The highest BCUT2D eigenvalue weighted by Crippen LogP contribution is 2.30. The first-order valence-corrected chi connectivity index (χ1v) is 6.01. The van der Waals surface area contributed by atoms with E-state index in [0.717, 1.165) is 28.3 Å². The van der Waals surface area contributed by atoms with Gasteiger partial charge >= 0.3 is 0 Å². The molecule has 0 bridgehead atoms. The molecular formula is C14H12ClNO. The number of hydrogen-bond acceptors (Lipinski definition) is 2. The zero-order valence-electron chi connectivity index (χ0n) is 9.23. The fraction of sp³-hybridized carbons (Fsp3) is 0.214. The Morgan fingerprint density at radius 2 is 2.12 bits per heavy atom. The lowest BCUT2D eigenvalue weighted by atomic mass is 10.0. The van der Waals surface area contributed by atoms with E-state index in [9.17, 15) is 5.11 Å². The highest BCUT2D eigenvalue weighted by Gasteiger charge is 2.20. The third-order valence-corrected chi connectivity index (χ3v) is 3.46. The lowest BCUT2D eigenvalue weighted by Gasteiger charge is -2.10. The largest absolute Gasteiger partial charge is 0.388 e. The number of halogens is 1. The Morgan fingerprint density at radius 1 is 1.24 bits per heavy atom. The molecule has 3 heteroatoms. The molecule has 1 heterocycles. The minimum absolute atomic E-state index is 0.488. The quantitative estimate of drug-likeness (QED) is 0.774. The fourth-order valence-electron chi connectivity index (χ4n) is 2.36. The number of rotatable bonds is 0. The summed E-state index contributed by atoms with van der Waals surface area (Å²) in [5.41, 5.74) is 4.20. The highest BCUT2D eigenvalue weighted by molar-refractivity contribution is 6.30. The first-order chi connectivity index (χ1) is 8.24. The molecule has 1 aromatic heterocycles. The average molecular weight is 246 g/mol. The van der Waals surface area contributed by atoms with Crippen molar-refractivity contribution in [3.63, 3.8) is 0 Å². The summed E-state index contributed by atoms with van der Waals surface area (Å²) in [6.07, 6.45) is 2.65. The van der Waals surface area contributed by atoms with E-state index in [1.165, 1.54) is 5.56 Å². The van der Waals surface area contributed by atoms with Gasteiger partial charge in [0.25, 0.3) is 0 Å². The van der Waals surface area contributed by atoms with Gasteiger partial charge in [-0.2, -0.15) is 0 Å². The van der Waals surface area contributed by atoms with Crippen LogP contribution in [0.4, 0.5) is 0 Å². The number of aromatic nitrogens is 1. The van der Waals surface area contributed by atoms with Crippen molar-refractivity contribution in [2.45, 2.75) is 18.9 Å². The van der Waals surface area contributed by atoms with Crippen LogP contribution in [0.3, 0.4) is 0 Å². The Balaban J connectivity index is 2.13. The monoisotopic (exact) mass is 245 g/mol. The van der Waals surface area contributed by atoms with Crippen LogP contribution in [0.5, 0.6) is 0 Å². The van der Waals surface area contributed by atoms with Crippen LogP contribution in [0.15, 0.2) is 36.5 Å². The van der Waals surface area contributed by atoms with Gasteiger partial charge in [0.05, 0.1) is 11.8 Å². The van der Waals surface area contributed by atoms with Gasteiger partial charge in [-0.25, -0.2) is 0 Å². The van der Waals surface area contributed by atoms with Crippen molar-refractivity contribution in [1.29, 1.82) is 0 Å². The van der Waals surface area contributed by atoms with E-state index in [-0.39, 0.29) is 0 Å². The van der Waals surface area contributed by atoms with Gasteiger partial charge in [0.15, 0.2) is 0 Å². The molecule has 2 aromatic rings. The highest BCUT2D eigenvalue weighted by atomic mass is 35.5. The topological polar surface area (TPSA) is 33.1 Å². The molecule has 17 heavy (non-hydrogen) atoms. The van der Waals surface area contributed by atoms with Crippen molar-refractivity contribution < 1.29 is 5.11 Å². The van der Waals surface area contributed by atoms with Crippen molar-refractivity contribution >= 4 is 11.6 Å². The van der Waals surface area contributed by atoms with Crippen molar-refractivity contribution in [3.8, 4) is 0 Å². The summed E-state index contributed by atoms with van der Waals surface area (Å²) in [4.78, 5) is 4.36. The van der Waals surface area contributed by atoms with Crippen molar-refractivity contribution in [2.24, 2.45) is 0 Å². The predicted molar refractivity (Wildman–Crippen MR) is 67.2 cm³/mol. The second-order valence-corrected chi connectivity index (χ2v) is 4.79. The maximum Gasteiger partial charge on any atom is 0.0848 e. The molecule has 0 saturated heterocycles. The molecule has 1 aromatic carbocycles. The van der Waals surface area contributed by atoms with E-state index in [1.54, 1.807) is 6.20 Å². The molecule has 2 nitrogen and oxygen atoms in total. The minimum atomic E-state index is -0.488. The van der Waals surface area contributed by atoms with E-state index in [1.807, 2.05) is 30.3 Å². The van der Waals surface area contributed by atoms with Crippen LogP contribution < -0.4 is 0 Å². The van der Waals surface area contributed by atoms with Crippen molar-refractivity contribution in [3.05, 3.63) is 63.9 Å². The van der Waals surface area contributed by atoms with Crippen LogP contribution in [0, 0.1) is 0 Å². The lowest BCUT2D eigenvalue weighted by Crippen LogP contribution is -2.02. The normalized spacial score (nSPS) is 18.1. The fourth-order valence-corrected chi connectivity index (χ4v) is 2.55. The van der Waals surface area contributed by atoms with Gasteiger partial charge < -0.3 is 5.11 Å². The maximum absolute atomic E-state index is 10.2. The predicted octanol–water partition coefficient (Wildman–Crippen LogP) is 2.92. The minimum Gasteiger partial charge on any atom is -0.388 e. The van der Waals surface area contributed by atoms with Crippen LogP contribution >= 0.6 is 11.6 Å². The van der Waals surface area contributed by atoms with E-state index in [0.29, 0.717) is 6.42 Å². The van der Waals surface area contributed by atoms with Gasteiger partial charge in [0, 0.05) is 29.6 Å². The van der Waals surface area contributed by atoms with Crippen LogP contribution in [0.25, 0.3) is 0 Å². The summed E-state index contributed by atoms with van der Waals surface area (Å²) in [6, 6.07) is 9.66. The Morgan fingerprint density at radius 3 is 3.00 bits per heavy atom. The molecule has 1 aliphatic carbocycles. The van der Waals surface area contributed by atoms with E-state index >= 15 is 0 Å². The number of aliphatic hydroxyl groups excluding tert-OH is 1. The van der Waals surface area contributed by atoms with E-state index < -0.39 is 6.10 Å². The summed E-state index contributed by atoms with van der Waals surface area (Å²) in [5.74, 6) is 0. The summed E-state index contributed by atoms with van der Waals surface area (Å²) in [5, 5.41) is 10.9. The second kappa shape index (κ2) is 4.13. The molecule has 0 spiro atoms. The molecule has 1 unspecified atom stereocenters. The number of hydrogen-bond donors (Lipinski definition) is 1. The molecule has 0 amide bonds. The summed E-state index contributed by atoms with van der Waals surface area (Å²) >= 11 is 5.99. The molecule has 86 valence electrons. The Bertz CT molecular complexity index is 568. The summed E-state index contributed by atoms with van der Waals surface area (Å²) in [7, 11) is 0. The Labute approximate surface area is 105 Å². The number of fused-ring (bicyclic) bond motifs is 2. The van der Waals surface area contributed by atoms with Gasteiger partial charge in [-0.1, -0.05) is 23.7 Å². The second-order valence-electron chi connectivity index (χ2n) is 4.35. The van der Waals surface area contributed by atoms with Gasteiger partial charge in [-0.3, -0.25) is 4.98 Å². The smallest absolute Gasteiger partial charge is 0.0848 e. The third-order valence-electron chi connectivity index (χ3n) is 3.22. The third kappa shape index (κ3) is 1.94. The van der Waals surface area contributed by atoms with E-state index in [4.69, 9.17) is 11.6 Å². The summed E-state index contributed by atoms with van der Waals surface area (Å²) < 4.78 is 0. The molecular weight excluding hydrogens is 234 g/mol. The number of nitrogens with zero attached hydrogens (tertiary/aromatic N) is 1. The Kier molecular flexibility index (Phi) is 2.61.